The maximum atomic E-state index is 10.9. The number of hydrogen-bond acceptors (Lipinski definition) is 3. The quantitative estimate of drug-likeness (QED) is 0.938. The van der Waals surface area contributed by atoms with Crippen molar-refractivity contribution in [3.8, 4) is 5.75 Å². The van der Waals surface area contributed by atoms with Crippen LogP contribution in [0.2, 0.25) is 0 Å². The molecule has 0 fully saturated rings. The molecule has 0 spiro atoms. The minimum absolute atomic E-state index is 0.656. The Bertz CT molecular complexity index is 635. The molecule has 1 unspecified atom stereocenters. The number of nitrogens with zero attached hydrogens (tertiary/aromatic N) is 2. The van der Waals surface area contributed by atoms with Crippen LogP contribution >= 0.6 is 0 Å². The van der Waals surface area contributed by atoms with Crippen LogP contribution < -0.4 is 4.74 Å². The SMILES string of the molecule is CCn1cc(CC2(O)CCc3ccc(OC)cc3C2)cn1. The van der Waals surface area contributed by atoms with Crippen molar-refractivity contribution < 1.29 is 9.84 Å². The van der Waals surface area contributed by atoms with E-state index in [9.17, 15) is 5.11 Å². The highest BCUT2D eigenvalue weighted by Crippen LogP contribution is 2.33. The first-order chi connectivity index (χ1) is 10.1. The Kier molecular flexibility index (Phi) is 3.72. The summed E-state index contributed by atoms with van der Waals surface area (Å²) < 4.78 is 7.19. The van der Waals surface area contributed by atoms with Gasteiger partial charge < -0.3 is 9.84 Å². The van der Waals surface area contributed by atoms with Crippen LogP contribution in [0, 0.1) is 0 Å². The second kappa shape index (κ2) is 5.53. The number of rotatable bonds is 4. The van der Waals surface area contributed by atoms with Gasteiger partial charge in [0.05, 0.1) is 18.9 Å². The van der Waals surface area contributed by atoms with Gasteiger partial charge in [0.1, 0.15) is 5.75 Å². The van der Waals surface area contributed by atoms with E-state index in [4.69, 9.17) is 4.74 Å². The van der Waals surface area contributed by atoms with Gasteiger partial charge in [0.15, 0.2) is 0 Å². The molecule has 0 amide bonds. The molecule has 21 heavy (non-hydrogen) atoms. The molecule has 4 nitrogen and oxygen atoms in total. The highest BCUT2D eigenvalue weighted by molar-refractivity contribution is 5.39. The summed E-state index contributed by atoms with van der Waals surface area (Å²) in [5.74, 6) is 0.858. The molecule has 1 aliphatic carbocycles. The zero-order chi connectivity index (χ0) is 14.9. The Morgan fingerprint density at radius 1 is 1.38 bits per heavy atom. The summed E-state index contributed by atoms with van der Waals surface area (Å²) in [6.07, 6.45) is 6.93. The van der Waals surface area contributed by atoms with E-state index in [0.717, 1.165) is 30.7 Å². The molecule has 0 saturated heterocycles. The van der Waals surface area contributed by atoms with Gasteiger partial charge in [-0.05, 0) is 48.6 Å². The number of hydrogen-bond donors (Lipinski definition) is 1. The van der Waals surface area contributed by atoms with Crippen molar-refractivity contribution in [2.45, 2.75) is 44.8 Å². The molecule has 1 N–H and O–H groups in total. The van der Waals surface area contributed by atoms with Crippen LogP contribution in [0.4, 0.5) is 0 Å². The van der Waals surface area contributed by atoms with E-state index in [0.29, 0.717) is 12.8 Å². The normalized spacial score (nSPS) is 21.1. The lowest BCUT2D eigenvalue weighted by molar-refractivity contribution is 0.0266. The molecule has 112 valence electrons. The average Bonchev–Trinajstić information content (AvgIpc) is 2.93. The Hall–Kier alpha value is -1.81. The topological polar surface area (TPSA) is 47.3 Å². The van der Waals surface area contributed by atoms with Gasteiger partial charge in [-0.2, -0.15) is 5.10 Å². The van der Waals surface area contributed by atoms with E-state index in [1.165, 1.54) is 11.1 Å². The number of fused-ring (bicyclic) bond motifs is 1. The smallest absolute Gasteiger partial charge is 0.119 e. The van der Waals surface area contributed by atoms with E-state index in [1.54, 1.807) is 7.11 Å². The third kappa shape index (κ3) is 2.95. The molecule has 1 heterocycles. The standard InChI is InChI=1S/C17H22N2O2/c1-3-19-12-13(11-18-19)9-17(20)7-6-14-4-5-16(21-2)8-15(14)10-17/h4-5,8,11-12,20H,3,6-7,9-10H2,1-2H3. The number of aromatic nitrogens is 2. The summed E-state index contributed by atoms with van der Waals surface area (Å²) in [7, 11) is 1.68. The lowest BCUT2D eigenvalue weighted by Crippen LogP contribution is -2.38. The minimum Gasteiger partial charge on any atom is -0.497 e. The van der Waals surface area contributed by atoms with E-state index in [1.807, 2.05) is 23.1 Å². The summed E-state index contributed by atoms with van der Waals surface area (Å²) in [6, 6.07) is 6.16. The molecule has 2 aromatic rings. The van der Waals surface area contributed by atoms with Crippen molar-refractivity contribution in [2.75, 3.05) is 7.11 Å². The Balaban J connectivity index is 1.79. The van der Waals surface area contributed by atoms with Crippen LogP contribution in [0.5, 0.6) is 5.75 Å². The Morgan fingerprint density at radius 2 is 2.24 bits per heavy atom. The second-order valence-corrected chi connectivity index (χ2v) is 5.92. The second-order valence-electron chi connectivity index (χ2n) is 5.92. The molecule has 4 heteroatoms. The number of benzene rings is 1. The van der Waals surface area contributed by atoms with Crippen LogP contribution in [0.3, 0.4) is 0 Å². The summed E-state index contributed by atoms with van der Waals surface area (Å²) in [6.45, 7) is 2.92. The zero-order valence-corrected chi connectivity index (χ0v) is 12.7. The predicted molar refractivity (Wildman–Crippen MR) is 81.6 cm³/mol. The molecular formula is C17H22N2O2. The zero-order valence-electron chi connectivity index (χ0n) is 12.7. The fourth-order valence-corrected chi connectivity index (χ4v) is 3.15. The first-order valence-corrected chi connectivity index (χ1v) is 7.51. The van der Waals surface area contributed by atoms with Gasteiger partial charge in [-0.1, -0.05) is 6.07 Å². The molecule has 0 bridgehead atoms. The lowest BCUT2D eigenvalue weighted by Gasteiger charge is -2.33. The maximum Gasteiger partial charge on any atom is 0.119 e. The fourth-order valence-electron chi connectivity index (χ4n) is 3.15. The number of ether oxygens (including phenoxy) is 1. The first-order valence-electron chi connectivity index (χ1n) is 7.51. The van der Waals surface area contributed by atoms with Gasteiger partial charge in [0.2, 0.25) is 0 Å². The summed E-state index contributed by atoms with van der Waals surface area (Å²) >= 11 is 0. The highest BCUT2D eigenvalue weighted by atomic mass is 16.5. The highest BCUT2D eigenvalue weighted by Gasteiger charge is 2.32. The lowest BCUT2D eigenvalue weighted by atomic mass is 9.77. The van der Waals surface area contributed by atoms with E-state index in [2.05, 4.69) is 24.2 Å². The van der Waals surface area contributed by atoms with Crippen LogP contribution in [-0.4, -0.2) is 27.6 Å². The van der Waals surface area contributed by atoms with Gasteiger partial charge in [-0.3, -0.25) is 4.68 Å². The Labute approximate surface area is 125 Å². The molecule has 3 rings (SSSR count). The van der Waals surface area contributed by atoms with Crippen LogP contribution in [-0.2, 0) is 25.8 Å². The van der Waals surface area contributed by atoms with Crippen molar-refractivity contribution in [1.29, 1.82) is 0 Å². The van der Waals surface area contributed by atoms with Crippen LogP contribution in [0.25, 0.3) is 0 Å². The monoisotopic (exact) mass is 286 g/mol. The number of aryl methyl sites for hydroxylation is 2. The molecular weight excluding hydrogens is 264 g/mol. The van der Waals surface area contributed by atoms with Gasteiger partial charge in [-0.25, -0.2) is 0 Å². The third-order valence-corrected chi connectivity index (χ3v) is 4.34. The van der Waals surface area contributed by atoms with Crippen molar-refractivity contribution in [2.24, 2.45) is 0 Å². The first kappa shape index (κ1) is 14.1. The van der Waals surface area contributed by atoms with Gasteiger partial charge in [-0.15, -0.1) is 0 Å². The number of methoxy groups -OCH3 is 1. The Morgan fingerprint density at radius 3 is 2.95 bits per heavy atom. The van der Waals surface area contributed by atoms with E-state index < -0.39 is 5.60 Å². The van der Waals surface area contributed by atoms with E-state index >= 15 is 0 Å². The average molecular weight is 286 g/mol. The third-order valence-electron chi connectivity index (χ3n) is 4.34. The molecule has 0 aliphatic heterocycles. The van der Waals surface area contributed by atoms with Crippen LogP contribution in [0.15, 0.2) is 30.6 Å². The summed E-state index contributed by atoms with van der Waals surface area (Å²) in [5.41, 5.74) is 2.95. The van der Waals surface area contributed by atoms with Crippen molar-refractivity contribution >= 4 is 0 Å². The molecule has 1 aromatic heterocycles. The summed E-state index contributed by atoms with van der Waals surface area (Å²) in [4.78, 5) is 0. The largest absolute Gasteiger partial charge is 0.497 e. The maximum absolute atomic E-state index is 10.9. The van der Waals surface area contributed by atoms with E-state index in [-0.39, 0.29) is 0 Å². The molecule has 1 atom stereocenters. The molecule has 0 radical (unpaired) electrons. The van der Waals surface area contributed by atoms with Crippen LogP contribution in [0.1, 0.15) is 30.0 Å². The van der Waals surface area contributed by atoms with Gasteiger partial charge >= 0.3 is 0 Å². The number of aliphatic hydroxyl groups is 1. The van der Waals surface area contributed by atoms with Crippen molar-refractivity contribution in [3.63, 3.8) is 0 Å². The summed E-state index contributed by atoms with van der Waals surface area (Å²) in [5, 5.41) is 15.2. The molecule has 1 aliphatic rings. The van der Waals surface area contributed by atoms with Crippen molar-refractivity contribution in [3.05, 3.63) is 47.3 Å². The molecule has 0 saturated carbocycles. The molecule has 1 aromatic carbocycles. The van der Waals surface area contributed by atoms with Gasteiger partial charge in [0, 0.05) is 25.6 Å². The van der Waals surface area contributed by atoms with Gasteiger partial charge in [0.25, 0.3) is 0 Å². The van der Waals surface area contributed by atoms with Crippen molar-refractivity contribution in [1.82, 2.24) is 9.78 Å². The minimum atomic E-state index is -0.680. The fraction of sp³-hybridized carbons (Fsp3) is 0.471. The predicted octanol–water partition coefficient (Wildman–Crippen LogP) is 2.37.